The van der Waals surface area contributed by atoms with Crippen molar-refractivity contribution in [3.05, 3.63) is 0 Å². The highest BCUT2D eigenvalue weighted by molar-refractivity contribution is 4.92. The molecule has 3 N–H and O–H groups in total. The Balaban J connectivity index is 2.71. The van der Waals surface area contributed by atoms with Gasteiger partial charge in [-0.25, -0.2) is 0 Å². The van der Waals surface area contributed by atoms with E-state index in [1.165, 1.54) is 0 Å². The van der Waals surface area contributed by atoms with E-state index in [1.807, 2.05) is 6.92 Å². The summed E-state index contributed by atoms with van der Waals surface area (Å²) >= 11 is 0. The zero-order chi connectivity index (χ0) is 14.4. The van der Waals surface area contributed by atoms with E-state index >= 15 is 0 Å². The van der Waals surface area contributed by atoms with Crippen molar-refractivity contribution in [1.82, 2.24) is 10.2 Å². The van der Waals surface area contributed by atoms with Crippen molar-refractivity contribution < 1.29 is 14.9 Å². The lowest BCUT2D eigenvalue weighted by molar-refractivity contribution is -0.129. The minimum absolute atomic E-state index is 0.257. The van der Waals surface area contributed by atoms with Crippen LogP contribution in [-0.4, -0.2) is 59.4 Å². The molecular weight excluding hydrogens is 244 g/mol. The van der Waals surface area contributed by atoms with Gasteiger partial charge in [-0.3, -0.25) is 10.2 Å². The first-order chi connectivity index (χ1) is 9.03. The maximum absolute atomic E-state index is 9.98. The summed E-state index contributed by atoms with van der Waals surface area (Å²) in [7, 11) is 0. The van der Waals surface area contributed by atoms with Crippen molar-refractivity contribution in [2.24, 2.45) is 5.92 Å². The number of aliphatic hydroxyl groups is 2. The highest BCUT2D eigenvalue weighted by atomic mass is 16.6. The second kappa shape index (κ2) is 8.17. The quantitative estimate of drug-likeness (QED) is 0.598. The van der Waals surface area contributed by atoms with E-state index in [1.54, 1.807) is 0 Å². The second-order valence-corrected chi connectivity index (χ2v) is 5.43. The molecule has 1 saturated heterocycles. The van der Waals surface area contributed by atoms with Crippen LogP contribution < -0.4 is 5.32 Å². The van der Waals surface area contributed by atoms with Crippen LogP contribution in [0, 0.1) is 5.92 Å². The number of rotatable bonds is 7. The van der Waals surface area contributed by atoms with Gasteiger partial charge in [-0.15, -0.1) is 0 Å². The van der Waals surface area contributed by atoms with Crippen molar-refractivity contribution in [1.29, 1.82) is 0 Å². The molecule has 1 fully saturated rings. The van der Waals surface area contributed by atoms with E-state index in [0.29, 0.717) is 31.7 Å². The Morgan fingerprint density at radius 3 is 2.58 bits per heavy atom. The van der Waals surface area contributed by atoms with Crippen LogP contribution in [-0.2, 0) is 4.74 Å². The number of hydrogen-bond donors (Lipinski definition) is 3. The molecule has 0 spiro atoms. The molecule has 5 nitrogen and oxygen atoms in total. The summed E-state index contributed by atoms with van der Waals surface area (Å²) in [6, 6.07) is 0.584. The van der Waals surface area contributed by atoms with E-state index in [2.05, 4.69) is 31.0 Å². The van der Waals surface area contributed by atoms with E-state index < -0.39 is 12.5 Å². The molecular formula is C14H30N2O3. The summed E-state index contributed by atoms with van der Waals surface area (Å²) in [5.74, 6) is 0.492. The Morgan fingerprint density at radius 1 is 1.37 bits per heavy atom. The van der Waals surface area contributed by atoms with Gasteiger partial charge in [0, 0.05) is 31.8 Å². The predicted molar refractivity (Wildman–Crippen MR) is 75.7 cm³/mol. The molecule has 0 aromatic carbocycles. The number of nitrogens with one attached hydrogen (secondary N) is 1. The molecule has 0 saturated carbocycles. The third-order valence-electron chi connectivity index (χ3n) is 4.10. The molecule has 0 unspecified atom stereocenters. The molecule has 114 valence electrons. The highest BCUT2D eigenvalue weighted by Crippen LogP contribution is 2.23. The first-order valence-electron chi connectivity index (χ1n) is 7.51. The lowest BCUT2D eigenvalue weighted by atomic mass is 9.88. The Hall–Kier alpha value is -0.200. The largest absolute Gasteiger partial charge is 0.377 e. The third kappa shape index (κ3) is 4.68. The van der Waals surface area contributed by atoms with Gasteiger partial charge in [0.1, 0.15) is 6.23 Å². The average Bonchev–Trinajstić information content (AvgIpc) is 2.37. The molecule has 0 aromatic heterocycles. The van der Waals surface area contributed by atoms with Gasteiger partial charge in [0.05, 0.1) is 0 Å². The van der Waals surface area contributed by atoms with E-state index in [0.717, 1.165) is 12.8 Å². The number of piperazine rings is 1. The van der Waals surface area contributed by atoms with Crippen molar-refractivity contribution in [2.75, 3.05) is 19.7 Å². The van der Waals surface area contributed by atoms with Crippen LogP contribution in [0.3, 0.4) is 0 Å². The maximum Gasteiger partial charge on any atom is 0.167 e. The average molecular weight is 274 g/mol. The smallest absolute Gasteiger partial charge is 0.167 e. The SMILES string of the molecule is CCO[C@H](O)CN1C[C@H](O)N[C@@H]([C@H](C)CC)[C@@H]1CC. The Morgan fingerprint density at radius 2 is 2.05 bits per heavy atom. The lowest BCUT2D eigenvalue weighted by Crippen LogP contribution is -2.65. The van der Waals surface area contributed by atoms with Crippen LogP contribution in [0.25, 0.3) is 0 Å². The fourth-order valence-electron chi connectivity index (χ4n) is 2.94. The first kappa shape index (κ1) is 16.9. The molecule has 1 rings (SSSR count). The van der Waals surface area contributed by atoms with Crippen LogP contribution in [0.1, 0.15) is 40.5 Å². The molecule has 0 amide bonds. The first-order valence-corrected chi connectivity index (χ1v) is 7.51. The number of hydrogen-bond acceptors (Lipinski definition) is 5. The van der Waals surface area contributed by atoms with Crippen LogP contribution in [0.15, 0.2) is 0 Å². The summed E-state index contributed by atoms with van der Waals surface area (Å²) in [6.45, 7) is 9.89. The maximum atomic E-state index is 9.98. The lowest BCUT2D eigenvalue weighted by Gasteiger charge is -2.46. The van der Waals surface area contributed by atoms with Gasteiger partial charge in [-0.1, -0.05) is 27.2 Å². The summed E-state index contributed by atoms with van der Waals surface area (Å²) in [5, 5.41) is 23.1. The molecule has 0 bridgehead atoms. The summed E-state index contributed by atoms with van der Waals surface area (Å²) in [6.07, 6.45) is 0.758. The van der Waals surface area contributed by atoms with Gasteiger partial charge in [-0.2, -0.15) is 0 Å². The number of ether oxygens (including phenoxy) is 1. The Labute approximate surface area is 116 Å². The van der Waals surface area contributed by atoms with Gasteiger partial charge < -0.3 is 14.9 Å². The Bertz CT molecular complexity index is 253. The minimum atomic E-state index is -0.776. The zero-order valence-electron chi connectivity index (χ0n) is 12.7. The van der Waals surface area contributed by atoms with Crippen LogP contribution in [0.2, 0.25) is 0 Å². The van der Waals surface area contributed by atoms with Gasteiger partial charge >= 0.3 is 0 Å². The number of nitrogens with zero attached hydrogens (tertiary/aromatic N) is 1. The summed E-state index contributed by atoms with van der Waals surface area (Å²) in [5.41, 5.74) is 0. The van der Waals surface area contributed by atoms with Gasteiger partial charge in [0.25, 0.3) is 0 Å². The van der Waals surface area contributed by atoms with Crippen LogP contribution >= 0.6 is 0 Å². The molecule has 0 aliphatic carbocycles. The van der Waals surface area contributed by atoms with E-state index in [9.17, 15) is 10.2 Å². The number of aliphatic hydroxyl groups excluding tert-OH is 2. The number of β-amino-alcohol motifs (C(OH)–C–C–N with tert-alkyl or cyclic N) is 2. The standard InChI is InChI=1S/C14H30N2O3/c1-5-10(4)14-11(6-2)16(8-12(17)15-14)9-13(18)19-7-3/h10-15,17-18H,5-9H2,1-4H3/t10-,11+,12+,13+,14+/m1/s1. The fraction of sp³-hybridized carbons (Fsp3) is 1.00. The molecule has 1 aliphatic rings. The summed E-state index contributed by atoms with van der Waals surface area (Å²) < 4.78 is 5.21. The zero-order valence-corrected chi connectivity index (χ0v) is 12.7. The summed E-state index contributed by atoms with van der Waals surface area (Å²) in [4.78, 5) is 2.15. The molecule has 1 aliphatic heterocycles. The molecule has 5 atom stereocenters. The molecule has 0 aromatic rings. The topological polar surface area (TPSA) is 65.0 Å². The van der Waals surface area contributed by atoms with Crippen LogP contribution in [0.5, 0.6) is 0 Å². The van der Waals surface area contributed by atoms with Crippen molar-refractivity contribution in [3.8, 4) is 0 Å². The minimum Gasteiger partial charge on any atom is -0.377 e. The molecule has 19 heavy (non-hydrogen) atoms. The van der Waals surface area contributed by atoms with Crippen molar-refractivity contribution in [2.45, 2.75) is 65.1 Å². The van der Waals surface area contributed by atoms with Crippen LogP contribution in [0.4, 0.5) is 0 Å². The van der Waals surface area contributed by atoms with Crippen molar-refractivity contribution in [3.63, 3.8) is 0 Å². The van der Waals surface area contributed by atoms with Gasteiger partial charge in [0.2, 0.25) is 0 Å². The Kier molecular flexibility index (Phi) is 7.25. The highest BCUT2D eigenvalue weighted by Gasteiger charge is 2.36. The van der Waals surface area contributed by atoms with E-state index in [4.69, 9.17) is 4.74 Å². The fourth-order valence-corrected chi connectivity index (χ4v) is 2.94. The van der Waals surface area contributed by atoms with Gasteiger partial charge in [0.15, 0.2) is 6.29 Å². The second-order valence-electron chi connectivity index (χ2n) is 5.43. The van der Waals surface area contributed by atoms with Gasteiger partial charge in [-0.05, 0) is 19.3 Å². The molecule has 1 heterocycles. The third-order valence-corrected chi connectivity index (χ3v) is 4.10. The molecule has 5 heteroatoms. The monoisotopic (exact) mass is 274 g/mol. The predicted octanol–water partition coefficient (Wildman–Crippen LogP) is 0.758. The normalized spacial score (nSPS) is 32.2. The van der Waals surface area contributed by atoms with E-state index in [-0.39, 0.29) is 6.04 Å². The molecule has 0 radical (unpaired) electrons. The van der Waals surface area contributed by atoms with Crippen molar-refractivity contribution >= 4 is 0 Å².